The summed E-state index contributed by atoms with van der Waals surface area (Å²) in [5, 5.41) is 16.5. The lowest BCUT2D eigenvalue weighted by molar-refractivity contribution is 0.177. The minimum Gasteiger partial charge on any atom is -0.394 e. The van der Waals surface area contributed by atoms with Gasteiger partial charge in [0.05, 0.1) is 18.2 Å². The van der Waals surface area contributed by atoms with Crippen molar-refractivity contribution in [3.63, 3.8) is 0 Å². The van der Waals surface area contributed by atoms with Gasteiger partial charge in [0, 0.05) is 61.1 Å². The van der Waals surface area contributed by atoms with Crippen LogP contribution in [0.3, 0.4) is 0 Å². The third-order valence-corrected chi connectivity index (χ3v) is 6.94. The van der Waals surface area contributed by atoms with E-state index >= 15 is 0 Å². The first kappa shape index (κ1) is 22.5. The number of anilines is 1. The molecule has 0 saturated carbocycles. The van der Waals surface area contributed by atoms with Crippen LogP contribution in [0.25, 0.3) is 21.8 Å². The third-order valence-electron chi connectivity index (χ3n) is 6.94. The van der Waals surface area contributed by atoms with Gasteiger partial charge in [-0.3, -0.25) is 0 Å². The Hall–Kier alpha value is -2.73. The molecule has 0 bridgehead atoms. The molecule has 0 aliphatic carbocycles. The molecule has 4 rings (SSSR count). The Labute approximate surface area is 190 Å². The fourth-order valence-corrected chi connectivity index (χ4v) is 5.37. The summed E-state index contributed by atoms with van der Waals surface area (Å²) in [5.74, 6) is 0.218. The monoisotopic (exact) mass is 436 g/mol. The summed E-state index contributed by atoms with van der Waals surface area (Å²) in [6, 6.07) is 11.2. The average Bonchev–Trinajstić information content (AvgIpc) is 3.36. The van der Waals surface area contributed by atoms with E-state index in [4.69, 9.17) is 0 Å². The van der Waals surface area contributed by atoms with Crippen LogP contribution < -0.4 is 5.32 Å². The number of fused-ring (bicyclic) bond motifs is 3. The molecule has 1 aromatic heterocycles. The number of para-hydroxylation sites is 1. The highest BCUT2D eigenvalue weighted by molar-refractivity contribution is 6.11. The molecule has 32 heavy (non-hydrogen) atoms. The summed E-state index contributed by atoms with van der Waals surface area (Å²) < 4.78 is 2.42. The molecule has 2 aromatic carbocycles. The maximum atomic E-state index is 12.4. The number of nitrogens with zero attached hydrogens (tertiary/aromatic N) is 3. The summed E-state index contributed by atoms with van der Waals surface area (Å²) >= 11 is 0. The van der Waals surface area contributed by atoms with Gasteiger partial charge in [-0.2, -0.15) is 0 Å². The molecule has 2 unspecified atom stereocenters. The number of carbonyl (C=O) groups excluding carboxylic acids is 1. The first-order valence-corrected chi connectivity index (χ1v) is 11.6. The fourth-order valence-electron chi connectivity index (χ4n) is 5.37. The molecule has 1 fully saturated rings. The number of amides is 2. The van der Waals surface area contributed by atoms with Crippen molar-refractivity contribution in [2.45, 2.75) is 46.2 Å². The standard InChI is InChI=1S/C26H36N4O2/c1-16(2)30-22-10-8-7-9-20(22)24-18(4)25(17(3)13-23(24)30)27-21(15-31)19-11-12-29(14-19)26(32)28(5)6/h7-10,13,16,19,21,27,31H,11-12,14-15H2,1-6H3. The zero-order valence-corrected chi connectivity index (χ0v) is 20.1. The molecule has 3 aromatic rings. The van der Waals surface area contributed by atoms with Crippen LogP contribution in [0.2, 0.25) is 0 Å². The normalized spacial score (nSPS) is 17.5. The SMILES string of the molecule is Cc1cc2c(c(C)c1NC(CO)C1CCN(C(=O)N(C)C)C1)c1ccccc1n2C(C)C. The molecule has 2 atom stereocenters. The van der Waals surface area contributed by atoms with Gasteiger partial charge in [-0.1, -0.05) is 18.2 Å². The van der Waals surface area contributed by atoms with Crippen molar-refractivity contribution < 1.29 is 9.90 Å². The van der Waals surface area contributed by atoms with E-state index in [1.54, 1.807) is 19.0 Å². The van der Waals surface area contributed by atoms with Gasteiger partial charge >= 0.3 is 6.03 Å². The van der Waals surface area contributed by atoms with Gasteiger partial charge in [0.1, 0.15) is 0 Å². The molecule has 1 aliphatic heterocycles. The Kier molecular flexibility index (Phi) is 6.08. The van der Waals surface area contributed by atoms with E-state index in [2.05, 4.69) is 67.9 Å². The number of likely N-dealkylation sites (tertiary alicyclic amines) is 1. The van der Waals surface area contributed by atoms with Crippen molar-refractivity contribution in [2.75, 3.05) is 39.1 Å². The highest BCUT2D eigenvalue weighted by Gasteiger charge is 2.33. The Morgan fingerprint density at radius 3 is 2.59 bits per heavy atom. The minimum absolute atomic E-state index is 0.0410. The van der Waals surface area contributed by atoms with Crippen molar-refractivity contribution >= 4 is 33.5 Å². The summed E-state index contributed by atoms with van der Waals surface area (Å²) in [6.45, 7) is 10.2. The van der Waals surface area contributed by atoms with Crippen LogP contribution in [-0.2, 0) is 0 Å². The highest BCUT2D eigenvalue weighted by atomic mass is 16.3. The number of hydrogen-bond acceptors (Lipinski definition) is 3. The van der Waals surface area contributed by atoms with Gasteiger partial charge in [-0.05, 0) is 57.4 Å². The number of benzene rings is 2. The molecule has 172 valence electrons. The molecule has 6 nitrogen and oxygen atoms in total. The Morgan fingerprint density at radius 1 is 1.22 bits per heavy atom. The second-order valence-corrected chi connectivity index (χ2v) is 9.67. The van der Waals surface area contributed by atoms with Gasteiger partial charge in [0.25, 0.3) is 0 Å². The van der Waals surface area contributed by atoms with E-state index in [1.807, 2.05) is 4.90 Å². The average molecular weight is 437 g/mol. The number of carbonyl (C=O) groups is 1. The summed E-state index contributed by atoms with van der Waals surface area (Å²) in [7, 11) is 3.57. The van der Waals surface area contributed by atoms with Gasteiger partial charge in [0.2, 0.25) is 0 Å². The van der Waals surface area contributed by atoms with Crippen LogP contribution in [-0.4, -0.2) is 65.3 Å². The van der Waals surface area contributed by atoms with E-state index < -0.39 is 0 Å². The molecular weight excluding hydrogens is 400 g/mol. The molecule has 1 aliphatic rings. The lowest BCUT2D eigenvalue weighted by atomic mass is 9.96. The zero-order valence-electron chi connectivity index (χ0n) is 20.1. The zero-order chi connectivity index (χ0) is 23.2. The summed E-state index contributed by atoms with van der Waals surface area (Å²) in [5.41, 5.74) is 6.00. The van der Waals surface area contributed by atoms with E-state index in [0.717, 1.165) is 18.7 Å². The van der Waals surface area contributed by atoms with Crippen molar-refractivity contribution in [3.8, 4) is 0 Å². The van der Waals surface area contributed by atoms with Crippen LogP contribution >= 0.6 is 0 Å². The van der Waals surface area contributed by atoms with E-state index in [0.29, 0.717) is 12.6 Å². The quantitative estimate of drug-likeness (QED) is 0.606. The van der Waals surface area contributed by atoms with E-state index in [-0.39, 0.29) is 24.6 Å². The fraction of sp³-hybridized carbons (Fsp3) is 0.500. The van der Waals surface area contributed by atoms with Gasteiger partial charge in [-0.15, -0.1) is 0 Å². The lowest BCUT2D eigenvalue weighted by Crippen LogP contribution is -2.40. The van der Waals surface area contributed by atoms with Gasteiger partial charge in [-0.25, -0.2) is 4.79 Å². The lowest BCUT2D eigenvalue weighted by Gasteiger charge is -2.27. The van der Waals surface area contributed by atoms with Crippen LogP contribution in [0.1, 0.15) is 37.4 Å². The molecule has 2 heterocycles. The molecule has 0 radical (unpaired) electrons. The van der Waals surface area contributed by atoms with Gasteiger partial charge in [0.15, 0.2) is 0 Å². The number of aliphatic hydroxyl groups is 1. The topological polar surface area (TPSA) is 60.7 Å². The van der Waals surface area contributed by atoms with Gasteiger partial charge < -0.3 is 24.8 Å². The summed E-state index contributed by atoms with van der Waals surface area (Å²) in [4.78, 5) is 15.9. The molecule has 1 saturated heterocycles. The van der Waals surface area contributed by atoms with Crippen LogP contribution in [0.5, 0.6) is 0 Å². The second kappa shape index (κ2) is 8.66. The van der Waals surface area contributed by atoms with E-state index in [9.17, 15) is 9.90 Å². The third kappa shape index (κ3) is 3.71. The number of aromatic nitrogens is 1. The number of rotatable bonds is 5. The minimum atomic E-state index is -0.0942. The number of nitrogens with one attached hydrogen (secondary N) is 1. The molecule has 2 N–H and O–H groups in total. The van der Waals surface area contributed by atoms with Crippen molar-refractivity contribution in [1.82, 2.24) is 14.4 Å². The number of aryl methyl sites for hydroxylation is 2. The molecule has 6 heteroatoms. The van der Waals surface area contributed by atoms with Crippen molar-refractivity contribution in [1.29, 1.82) is 0 Å². The van der Waals surface area contributed by atoms with Crippen LogP contribution in [0.4, 0.5) is 10.5 Å². The molecular formula is C26H36N4O2. The summed E-state index contributed by atoms with van der Waals surface area (Å²) in [6.07, 6.45) is 0.894. The maximum Gasteiger partial charge on any atom is 0.319 e. The van der Waals surface area contributed by atoms with Crippen molar-refractivity contribution in [3.05, 3.63) is 41.5 Å². The smallest absolute Gasteiger partial charge is 0.319 e. The van der Waals surface area contributed by atoms with Crippen molar-refractivity contribution in [2.24, 2.45) is 5.92 Å². The number of urea groups is 1. The maximum absolute atomic E-state index is 12.4. The first-order chi connectivity index (χ1) is 15.2. The van der Waals surface area contributed by atoms with Crippen LogP contribution in [0, 0.1) is 19.8 Å². The number of hydrogen-bond donors (Lipinski definition) is 2. The molecule has 2 amide bonds. The van der Waals surface area contributed by atoms with E-state index in [1.165, 1.54) is 32.9 Å². The Balaban J connectivity index is 1.72. The Morgan fingerprint density at radius 2 is 1.94 bits per heavy atom. The second-order valence-electron chi connectivity index (χ2n) is 9.67. The predicted octanol–water partition coefficient (Wildman–Crippen LogP) is 4.77. The van der Waals surface area contributed by atoms with Crippen LogP contribution in [0.15, 0.2) is 30.3 Å². The first-order valence-electron chi connectivity index (χ1n) is 11.6. The largest absolute Gasteiger partial charge is 0.394 e. The molecule has 0 spiro atoms. The number of aliphatic hydroxyl groups excluding tert-OH is 1. The highest BCUT2D eigenvalue weighted by Crippen LogP contribution is 2.39. The predicted molar refractivity (Wildman–Crippen MR) is 133 cm³/mol. The Bertz CT molecular complexity index is 1150.